The lowest BCUT2D eigenvalue weighted by Crippen LogP contribution is -2.46. The summed E-state index contributed by atoms with van der Waals surface area (Å²) in [6.07, 6.45) is 2.71. The van der Waals surface area contributed by atoms with Crippen molar-refractivity contribution in [1.29, 1.82) is 0 Å². The van der Waals surface area contributed by atoms with E-state index in [2.05, 4.69) is 22.0 Å². The number of benzene rings is 1. The SMILES string of the molecule is CCN1CCN(CCCCNC(=O)Cc2ccccc2)CC1. The van der Waals surface area contributed by atoms with Crippen LogP contribution in [0.2, 0.25) is 0 Å². The molecule has 0 radical (unpaired) electrons. The van der Waals surface area contributed by atoms with Crippen molar-refractivity contribution in [1.82, 2.24) is 15.1 Å². The van der Waals surface area contributed by atoms with Gasteiger partial charge in [0.15, 0.2) is 0 Å². The van der Waals surface area contributed by atoms with Gasteiger partial charge in [0, 0.05) is 32.7 Å². The fourth-order valence-electron chi connectivity index (χ4n) is 2.86. The Balaban J connectivity index is 1.50. The first-order chi connectivity index (χ1) is 10.8. The molecule has 1 N–H and O–H groups in total. The molecule has 4 heteroatoms. The fourth-order valence-corrected chi connectivity index (χ4v) is 2.86. The van der Waals surface area contributed by atoms with E-state index in [1.54, 1.807) is 0 Å². The number of hydrogen-bond acceptors (Lipinski definition) is 3. The molecule has 22 heavy (non-hydrogen) atoms. The quantitative estimate of drug-likeness (QED) is 0.743. The Labute approximate surface area is 134 Å². The molecule has 0 bridgehead atoms. The molecule has 1 heterocycles. The molecule has 2 rings (SSSR count). The van der Waals surface area contributed by atoms with Crippen molar-refractivity contribution < 1.29 is 4.79 Å². The predicted octanol–water partition coefficient (Wildman–Crippen LogP) is 1.76. The minimum atomic E-state index is 0.128. The van der Waals surface area contributed by atoms with Crippen LogP contribution < -0.4 is 5.32 Å². The molecule has 1 saturated heterocycles. The Morgan fingerprint density at radius 2 is 1.73 bits per heavy atom. The minimum Gasteiger partial charge on any atom is -0.356 e. The standard InChI is InChI=1S/C18H29N3O/c1-2-20-12-14-21(15-13-20)11-7-6-10-19-18(22)16-17-8-4-3-5-9-17/h3-5,8-9H,2,6-7,10-16H2,1H3,(H,19,22). The maximum atomic E-state index is 11.8. The molecule has 4 nitrogen and oxygen atoms in total. The summed E-state index contributed by atoms with van der Waals surface area (Å²) in [6, 6.07) is 9.91. The average Bonchev–Trinajstić information content (AvgIpc) is 2.56. The molecule has 1 aromatic rings. The molecule has 0 spiro atoms. The van der Waals surface area contributed by atoms with Gasteiger partial charge in [-0.2, -0.15) is 0 Å². The van der Waals surface area contributed by atoms with Crippen LogP contribution in [0.15, 0.2) is 30.3 Å². The molecule has 0 aliphatic carbocycles. The van der Waals surface area contributed by atoms with E-state index >= 15 is 0 Å². The predicted molar refractivity (Wildman–Crippen MR) is 90.9 cm³/mol. The highest BCUT2D eigenvalue weighted by Crippen LogP contribution is 2.03. The zero-order valence-corrected chi connectivity index (χ0v) is 13.8. The van der Waals surface area contributed by atoms with Gasteiger partial charge in [0.05, 0.1) is 6.42 Å². The van der Waals surface area contributed by atoms with Crippen molar-refractivity contribution >= 4 is 5.91 Å². The third-order valence-electron chi connectivity index (χ3n) is 4.34. The third-order valence-corrected chi connectivity index (χ3v) is 4.34. The number of rotatable bonds is 8. The molecule has 1 aliphatic heterocycles. The van der Waals surface area contributed by atoms with Crippen molar-refractivity contribution in [2.75, 3.05) is 45.8 Å². The Bertz CT molecular complexity index is 427. The number of amides is 1. The number of unbranched alkanes of at least 4 members (excludes halogenated alkanes) is 1. The summed E-state index contributed by atoms with van der Waals surface area (Å²) in [5.74, 6) is 0.128. The number of hydrogen-bond donors (Lipinski definition) is 1. The summed E-state index contributed by atoms with van der Waals surface area (Å²) in [5, 5.41) is 3.02. The normalized spacial score (nSPS) is 16.6. The Morgan fingerprint density at radius 3 is 2.41 bits per heavy atom. The fraction of sp³-hybridized carbons (Fsp3) is 0.611. The summed E-state index contributed by atoms with van der Waals surface area (Å²) in [6.45, 7) is 10.1. The summed E-state index contributed by atoms with van der Waals surface area (Å²) in [5.41, 5.74) is 1.08. The Morgan fingerprint density at radius 1 is 1.05 bits per heavy atom. The van der Waals surface area contributed by atoms with Crippen LogP contribution in [0.4, 0.5) is 0 Å². The van der Waals surface area contributed by atoms with Gasteiger partial charge in [0.1, 0.15) is 0 Å². The Kier molecular flexibility index (Phi) is 7.40. The number of piperazine rings is 1. The second-order valence-corrected chi connectivity index (χ2v) is 6.00. The van der Waals surface area contributed by atoms with Gasteiger partial charge in [-0.3, -0.25) is 4.79 Å². The van der Waals surface area contributed by atoms with Gasteiger partial charge in [-0.15, -0.1) is 0 Å². The van der Waals surface area contributed by atoms with E-state index in [0.717, 1.165) is 31.5 Å². The molecule has 1 aliphatic rings. The Hall–Kier alpha value is -1.39. The first-order valence-electron chi connectivity index (χ1n) is 8.53. The van der Waals surface area contributed by atoms with E-state index in [1.807, 2.05) is 30.3 Å². The van der Waals surface area contributed by atoms with Crippen LogP contribution in [0, 0.1) is 0 Å². The van der Waals surface area contributed by atoms with E-state index < -0.39 is 0 Å². The van der Waals surface area contributed by atoms with E-state index in [9.17, 15) is 4.79 Å². The van der Waals surface area contributed by atoms with Gasteiger partial charge < -0.3 is 15.1 Å². The molecule has 1 fully saturated rings. The van der Waals surface area contributed by atoms with Crippen molar-refractivity contribution in [3.63, 3.8) is 0 Å². The molecule has 0 saturated carbocycles. The smallest absolute Gasteiger partial charge is 0.224 e. The maximum absolute atomic E-state index is 11.8. The number of likely N-dealkylation sites (N-methyl/N-ethyl adjacent to an activating group) is 1. The van der Waals surface area contributed by atoms with E-state index in [0.29, 0.717) is 6.42 Å². The molecule has 122 valence electrons. The van der Waals surface area contributed by atoms with Gasteiger partial charge in [-0.05, 0) is 31.5 Å². The van der Waals surface area contributed by atoms with Crippen LogP contribution in [0.1, 0.15) is 25.3 Å². The highest BCUT2D eigenvalue weighted by molar-refractivity contribution is 5.78. The molecule has 0 aromatic heterocycles. The van der Waals surface area contributed by atoms with Crippen molar-refractivity contribution in [2.24, 2.45) is 0 Å². The topological polar surface area (TPSA) is 35.6 Å². The van der Waals surface area contributed by atoms with Crippen molar-refractivity contribution in [2.45, 2.75) is 26.2 Å². The summed E-state index contributed by atoms with van der Waals surface area (Å²) in [4.78, 5) is 16.9. The lowest BCUT2D eigenvalue weighted by atomic mass is 10.1. The highest BCUT2D eigenvalue weighted by atomic mass is 16.1. The molecule has 1 aromatic carbocycles. The van der Waals surface area contributed by atoms with E-state index in [-0.39, 0.29) is 5.91 Å². The van der Waals surface area contributed by atoms with Gasteiger partial charge in [0.2, 0.25) is 5.91 Å². The van der Waals surface area contributed by atoms with Gasteiger partial charge in [0.25, 0.3) is 0 Å². The summed E-state index contributed by atoms with van der Waals surface area (Å²) >= 11 is 0. The second-order valence-electron chi connectivity index (χ2n) is 6.00. The lowest BCUT2D eigenvalue weighted by molar-refractivity contribution is -0.120. The monoisotopic (exact) mass is 303 g/mol. The van der Waals surface area contributed by atoms with E-state index in [1.165, 1.54) is 32.7 Å². The third kappa shape index (κ3) is 6.16. The molecule has 0 atom stereocenters. The average molecular weight is 303 g/mol. The summed E-state index contributed by atoms with van der Waals surface area (Å²) < 4.78 is 0. The largest absolute Gasteiger partial charge is 0.356 e. The molecular formula is C18H29N3O. The van der Waals surface area contributed by atoms with Crippen molar-refractivity contribution in [3.05, 3.63) is 35.9 Å². The zero-order valence-electron chi connectivity index (χ0n) is 13.8. The van der Waals surface area contributed by atoms with Gasteiger partial charge >= 0.3 is 0 Å². The van der Waals surface area contributed by atoms with Crippen LogP contribution in [0.5, 0.6) is 0 Å². The number of nitrogens with one attached hydrogen (secondary N) is 1. The highest BCUT2D eigenvalue weighted by Gasteiger charge is 2.14. The second kappa shape index (κ2) is 9.59. The van der Waals surface area contributed by atoms with Gasteiger partial charge in [-0.25, -0.2) is 0 Å². The van der Waals surface area contributed by atoms with Crippen LogP contribution >= 0.6 is 0 Å². The van der Waals surface area contributed by atoms with Crippen LogP contribution in [-0.4, -0.2) is 61.5 Å². The van der Waals surface area contributed by atoms with Crippen molar-refractivity contribution in [3.8, 4) is 0 Å². The maximum Gasteiger partial charge on any atom is 0.224 e. The molecule has 0 unspecified atom stereocenters. The van der Waals surface area contributed by atoms with Gasteiger partial charge in [-0.1, -0.05) is 37.3 Å². The molecule has 1 amide bonds. The van der Waals surface area contributed by atoms with Crippen LogP contribution in [-0.2, 0) is 11.2 Å². The zero-order chi connectivity index (χ0) is 15.6. The number of carbonyl (C=O) groups is 1. The van der Waals surface area contributed by atoms with Crippen LogP contribution in [0.25, 0.3) is 0 Å². The first-order valence-corrected chi connectivity index (χ1v) is 8.53. The lowest BCUT2D eigenvalue weighted by Gasteiger charge is -2.33. The number of nitrogens with zero attached hydrogens (tertiary/aromatic N) is 2. The van der Waals surface area contributed by atoms with Crippen LogP contribution in [0.3, 0.4) is 0 Å². The first kappa shape index (κ1) is 17.0. The minimum absolute atomic E-state index is 0.128. The van der Waals surface area contributed by atoms with E-state index in [4.69, 9.17) is 0 Å². The summed E-state index contributed by atoms with van der Waals surface area (Å²) in [7, 11) is 0. The number of carbonyl (C=O) groups excluding carboxylic acids is 1. The molecular weight excluding hydrogens is 274 g/mol.